The lowest BCUT2D eigenvalue weighted by Crippen LogP contribution is -2.52. The molecule has 3 heteroatoms. The first-order chi connectivity index (χ1) is 6.59. The van der Waals surface area contributed by atoms with E-state index in [2.05, 4.69) is 25.7 Å². The van der Waals surface area contributed by atoms with Crippen molar-refractivity contribution in [3.05, 3.63) is 0 Å². The Kier molecular flexibility index (Phi) is 4.35. The van der Waals surface area contributed by atoms with Gasteiger partial charge in [-0.2, -0.15) is 0 Å². The van der Waals surface area contributed by atoms with Crippen molar-refractivity contribution in [2.75, 3.05) is 26.2 Å². The molecule has 0 aromatic rings. The van der Waals surface area contributed by atoms with Crippen molar-refractivity contribution in [2.45, 2.75) is 45.3 Å². The zero-order valence-electron chi connectivity index (χ0n) is 9.75. The van der Waals surface area contributed by atoms with Gasteiger partial charge in [-0.3, -0.25) is 4.90 Å². The van der Waals surface area contributed by atoms with E-state index in [0.29, 0.717) is 6.04 Å². The Labute approximate surface area is 87.6 Å². The summed E-state index contributed by atoms with van der Waals surface area (Å²) in [6.07, 6.45) is 2.29. The van der Waals surface area contributed by atoms with E-state index in [1.54, 1.807) is 0 Å². The average Bonchev–Trinajstić information content (AvgIpc) is 2.12. The van der Waals surface area contributed by atoms with Gasteiger partial charge >= 0.3 is 0 Å². The molecule has 0 radical (unpaired) electrons. The number of ether oxygens (including phenoxy) is 1. The molecule has 0 aromatic heterocycles. The predicted molar refractivity (Wildman–Crippen MR) is 59.4 cm³/mol. The summed E-state index contributed by atoms with van der Waals surface area (Å²) >= 11 is 0. The van der Waals surface area contributed by atoms with E-state index in [1.165, 1.54) is 6.42 Å². The number of hydrogen-bond donors (Lipinski definition) is 1. The summed E-state index contributed by atoms with van der Waals surface area (Å²) in [5.41, 5.74) is 5.64. The minimum Gasteiger partial charge on any atom is -0.373 e. The van der Waals surface area contributed by atoms with Gasteiger partial charge in [-0.05, 0) is 33.2 Å². The molecule has 1 rings (SSSR count). The molecule has 14 heavy (non-hydrogen) atoms. The van der Waals surface area contributed by atoms with E-state index >= 15 is 0 Å². The highest BCUT2D eigenvalue weighted by Crippen LogP contribution is 2.20. The van der Waals surface area contributed by atoms with Crippen LogP contribution in [0.15, 0.2) is 0 Å². The van der Waals surface area contributed by atoms with Gasteiger partial charge in [0.15, 0.2) is 0 Å². The monoisotopic (exact) mass is 200 g/mol. The average molecular weight is 200 g/mol. The molecule has 3 nitrogen and oxygen atoms in total. The highest BCUT2D eigenvalue weighted by Gasteiger charge is 2.30. The maximum atomic E-state index is 5.70. The second kappa shape index (κ2) is 5.10. The molecule has 1 saturated heterocycles. The summed E-state index contributed by atoms with van der Waals surface area (Å²) in [5.74, 6) is 0. The van der Waals surface area contributed by atoms with Crippen LogP contribution in [0.1, 0.15) is 33.6 Å². The third-order valence-electron chi connectivity index (χ3n) is 2.94. The molecule has 0 saturated carbocycles. The fraction of sp³-hybridized carbons (Fsp3) is 1.00. The molecule has 1 aliphatic heterocycles. The summed E-state index contributed by atoms with van der Waals surface area (Å²) in [5, 5.41) is 0. The number of morpholine rings is 1. The number of hydrogen-bond acceptors (Lipinski definition) is 3. The number of rotatable bonds is 4. The third-order valence-corrected chi connectivity index (χ3v) is 2.94. The second-order valence-electron chi connectivity index (χ2n) is 4.72. The van der Waals surface area contributed by atoms with Gasteiger partial charge in [0, 0.05) is 19.1 Å². The van der Waals surface area contributed by atoms with E-state index in [0.717, 1.165) is 32.7 Å². The van der Waals surface area contributed by atoms with Crippen molar-refractivity contribution >= 4 is 0 Å². The molecule has 0 amide bonds. The van der Waals surface area contributed by atoms with Gasteiger partial charge in [0.2, 0.25) is 0 Å². The van der Waals surface area contributed by atoms with Crippen LogP contribution in [0.3, 0.4) is 0 Å². The Morgan fingerprint density at radius 1 is 1.50 bits per heavy atom. The van der Waals surface area contributed by atoms with E-state index in [4.69, 9.17) is 10.5 Å². The smallest absolute Gasteiger partial charge is 0.0753 e. The zero-order chi connectivity index (χ0) is 10.6. The van der Waals surface area contributed by atoms with Crippen molar-refractivity contribution in [2.24, 2.45) is 5.73 Å². The molecule has 0 aliphatic carbocycles. The largest absolute Gasteiger partial charge is 0.373 e. The third kappa shape index (κ3) is 3.23. The Hall–Kier alpha value is -0.120. The Morgan fingerprint density at radius 3 is 2.71 bits per heavy atom. The Balaban J connectivity index is 2.49. The summed E-state index contributed by atoms with van der Waals surface area (Å²) < 4.78 is 5.70. The minimum absolute atomic E-state index is 0.0142. The summed E-state index contributed by atoms with van der Waals surface area (Å²) in [7, 11) is 0. The van der Waals surface area contributed by atoms with Crippen molar-refractivity contribution in [3.63, 3.8) is 0 Å². The highest BCUT2D eigenvalue weighted by atomic mass is 16.5. The summed E-state index contributed by atoms with van der Waals surface area (Å²) in [6, 6.07) is 0.642. The van der Waals surface area contributed by atoms with Gasteiger partial charge in [-0.25, -0.2) is 0 Å². The van der Waals surface area contributed by atoms with Crippen molar-refractivity contribution < 1.29 is 4.74 Å². The van der Waals surface area contributed by atoms with Crippen molar-refractivity contribution in [1.82, 2.24) is 4.90 Å². The number of nitrogens with zero attached hydrogens (tertiary/aromatic N) is 1. The molecule has 1 unspecified atom stereocenters. The van der Waals surface area contributed by atoms with Crippen molar-refractivity contribution in [1.29, 1.82) is 0 Å². The molecule has 0 spiro atoms. The molecule has 0 aromatic carbocycles. The van der Waals surface area contributed by atoms with E-state index in [9.17, 15) is 0 Å². The fourth-order valence-electron chi connectivity index (χ4n) is 2.20. The Morgan fingerprint density at radius 2 is 2.21 bits per heavy atom. The van der Waals surface area contributed by atoms with Crippen LogP contribution in [-0.4, -0.2) is 42.8 Å². The van der Waals surface area contributed by atoms with E-state index < -0.39 is 0 Å². The summed E-state index contributed by atoms with van der Waals surface area (Å²) in [4.78, 5) is 2.52. The van der Waals surface area contributed by atoms with Crippen LogP contribution in [0.5, 0.6) is 0 Å². The SMILES string of the molecule is CCC(CCN)N1CCOC(C)(C)C1. The topological polar surface area (TPSA) is 38.5 Å². The first kappa shape index (κ1) is 12.0. The van der Waals surface area contributed by atoms with E-state index in [1.807, 2.05) is 0 Å². The lowest BCUT2D eigenvalue weighted by molar-refractivity contribution is -0.0978. The molecule has 1 aliphatic rings. The van der Waals surface area contributed by atoms with Gasteiger partial charge in [-0.1, -0.05) is 6.92 Å². The maximum Gasteiger partial charge on any atom is 0.0753 e. The van der Waals surface area contributed by atoms with Crippen LogP contribution < -0.4 is 5.73 Å². The lowest BCUT2D eigenvalue weighted by atomic mass is 10.0. The predicted octanol–water partition coefficient (Wildman–Crippen LogP) is 1.22. The van der Waals surface area contributed by atoms with E-state index in [-0.39, 0.29) is 5.60 Å². The zero-order valence-corrected chi connectivity index (χ0v) is 9.75. The minimum atomic E-state index is 0.0142. The molecule has 1 heterocycles. The van der Waals surface area contributed by atoms with Gasteiger partial charge in [0.05, 0.1) is 12.2 Å². The first-order valence-electron chi connectivity index (χ1n) is 5.67. The van der Waals surface area contributed by atoms with Crippen LogP contribution in [-0.2, 0) is 4.74 Å². The van der Waals surface area contributed by atoms with Crippen molar-refractivity contribution in [3.8, 4) is 0 Å². The number of nitrogens with two attached hydrogens (primary N) is 1. The standard InChI is InChI=1S/C11H24N2O/c1-4-10(5-6-12)13-7-8-14-11(2,3)9-13/h10H,4-9,12H2,1-3H3. The normalized spacial score (nSPS) is 24.9. The first-order valence-corrected chi connectivity index (χ1v) is 5.67. The molecule has 0 bridgehead atoms. The van der Waals surface area contributed by atoms with Crippen LogP contribution in [0.25, 0.3) is 0 Å². The van der Waals surface area contributed by atoms with Gasteiger partial charge in [0.1, 0.15) is 0 Å². The van der Waals surface area contributed by atoms with Gasteiger partial charge in [-0.15, -0.1) is 0 Å². The van der Waals surface area contributed by atoms with Crippen LogP contribution >= 0.6 is 0 Å². The molecule has 84 valence electrons. The molecular formula is C11H24N2O. The lowest BCUT2D eigenvalue weighted by Gasteiger charge is -2.42. The Bertz CT molecular complexity index is 171. The summed E-state index contributed by atoms with van der Waals surface area (Å²) in [6.45, 7) is 10.3. The molecule has 1 atom stereocenters. The molecule has 2 N–H and O–H groups in total. The van der Waals surface area contributed by atoms with Crippen LogP contribution in [0.2, 0.25) is 0 Å². The molecule has 1 fully saturated rings. The maximum absolute atomic E-state index is 5.70. The quantitative estimate of drug-likeness (QED) is 0.741. The van der Waals surface area contributed by atoms with Crippen LogP contribution in [0, 0.1) is 0 Å². The van der Waals surface area contributed by atoms with Gasteiger partial charge in [0.25, 0.3) is 0 Å². The van der Waals surface area contributed by atoms with Crippen LogP contribution in [0.4, 0.5) is 0 Å². The molecular weight excluding hydrogens is 176 g/mol. The second-order valence-corrected chi connectivity index (χ2v) is 4.72. The van der Waals surface area contributed by atoms with Gasteiger partial charge < -0.3 is 10.5 Å². The highest BCUT2D eigenvalue weighted by molar-refractivity contribution is 4.83. The fourth-order valence-corrected chi connectivity index (χ4v) is 2.20.